The van der Waals surface area contributed by atoms with E-state index in [1.54, 1.807) is 55.6 Å². The van der Waals surface area contributed by atoms with Crippen molar-refractivity contribution in [2.75, 3.05) is 19.5 Å². The smallest absolute Gasteiger partial charge is 0.332 e. The quantitative estimate of drug-likeness (QED) is 0.315. The molecule has 3 aromatic rings. The SMILES string of the molecule is COc1ccc(C=CC(=O)OCC(=O)c2c(N)n(Cc3ccccc3)c(=O)n(C)c2=O)cc1. The van der Waals surface area contributed by atoms with Crippen LogP contribution in [0.25, 0.3) is 6.08 Å². The molecule has 0 saturated heterocycles. The second kappa shape index (κ2) is 10.3. The standard InChI is InChI=1S/C24H23N3O6/c1-26-23(30)21(22(25)27(24(26)31)14-17-6-4-3-5-7-17)19(28)15-33-20(29)13-10-16-8-11-18(32-2)12-9-16/h3-13H,14-15,25H2,1-2H3. The van der Waals surface area contributed by atoms with Gasteiger partial charge in [-0.1, -0.05) is 42.5 Å². The predicted molar refractivity (Wildman–Crippen MR) is 123 cm³/mol. The number of ether oxygens (including phenoxy) is 2. The van der Waals surface area contributed by atoms with Crippen molar-refractivity contribution in [2.45, 2.75) is 6.54 Å². The van der Waals surface area contributed by atoms with Crippen molar-refractivity contribution >= 4 is 23.6 Å². The number of anilines is 1. The van der Waals surface area contributed by atoms with Crippen molar-refractivity contribution in [1.82, 2.24) is 9.13 Å². The number of benzene rings is 2. The maximum atomic E-state index is 12.7. The summed E-state index contributed by atoms with van der Waals surface area (Å²) in [5.74, 6) is -1.18. The van der Waals surface area contributed by atoms with Gasteiger partial charge in [-0.15, -0.1) is 0 Å². The highest BCUT2D eigenvalue weighted by atomic mass is 16.5. The molecule has 9 nitrogen and oxygen atoms in total. The molecule has 0 atom stereocenters. The second-order valence-corrected chi connectivity index (χ2v) is 7.12. The van der Waals surface area contributed by atoms with Crippen LogP contribution in [0.5, 0.6) is 5.75 Å². The van der Waals surface area contributed by atoms with E-state index in [0.29, 0.717) is 5.75 Å². The number of nitrogens with zero attached hydrogens (tertiary/aromatic N) is 2. The number of ketones is 1. The van der Waals surface area contributed by atoms with Crippen LogP contribution in [0.15, 0.2) is 70.3 Å². The fourth-order valence-electron chi connectivity index (χ4n) is 3.10. The minimum absolute atomic E-state index is 0.0737. The lowest BCUT2D eigenvalue weighted by molar-refractivity contribution is -0.136. The van der Waals surface area contributed by atoms with Crippen molar-refractivity contribution in [3.8, 4) is 5.75 Å². The predicted octanol–water partition coefficient (Wildman–Crippen LogP) is 1.63. The molecular weight excluding hydrogens is 426 g/mol. The minimum Gasteiger partial charge on any atom is -0.497 e. The van der Waals surface area contributed by atoms with Crippen molar-refractivity contribution in [2.24, 2.45) is 7.05 Å². The van der Waals surface area contributed by atoms with E-state index in [-0.39, 0.29) is 12.4 Å². The number of carbonyl (C=O) groups is 2. The lowest BCUT2D eigenvalue weighted by Crippen LogP contribution is -2.43. The van der Waals surface area contributed by atoms with Crippen LogP contribution in [-0.2, 0) is 23.1 Å². The number of nitrogen functional groups attached to an aromatic ring is 1. The minimum atomic E-state index is -0.850. The van der Waals surface area contributed by atoms with E-state index in [0.717, 1.165) is 26.3 Å². The zero-order chi connectivity index (χ0) is 24.0. The van der Waals surface area contributed by atoms with Gasteiger partial charge in [0.25, 0.3) is 5.56 Å². The van der Waals surface area contributed by atoms with E-state index in [1.807, 2.05) is 6.07 Å². The average Bonchev–Trinajstić information content (AvgIpc) is 2.84. The van der Waals surface area contributed by atoms with Crippen molar-refractivity contribution in [1.29, 1.82) is 0 Å². The van der Waals surface area contributed by atoms with E-state index in [4.69, 9.17) is 15.2 Å². The van der Waals surface area contributed by atoms with Gasteiger partial charge in [0, 0.05) is 13.1 Å². The van der Waals surface area contributed by atoms with Crippen LogP contribution in [0.3, 0.4) is 0 Å². The molecule has 1 heterocycles. The Balaban J connectivity index is 1.76. The first-order chi connectivity index (χ1) is 15.8. The van der Waals surface area contributed by atoms with E-state index in [2.05, 4.69) is 0 Å². The topological polar surface area (TPSA) is 123 Å². The fourth-order valence-corrected chi connectivity index (χ4v) is 3.10. The van der Waals surface area contributed by atoms with E-state index in [9.17, 15) is 19.2 Å². The highest BCUT2D eigenvalue weighted by Gasteiger charge is 2.22. The van der Waals surface area contributed by atoms with Crippen LogP contribution in [0.2, 0.25) is 0 Å². The normalized spacial score (nSPS) is 10.8. The molecule has 2 aromatic carbocycles. The van der Waals surface area contributed by atoms with E-state index in [1.165, 1.54) is 13.1 Å². The van der Waals surface area contributed by atoms with E-state index < -0.39 is 35.2 Å². The Hall–Kier alpha value is -4.40. The summed E-state index contributed by atoms with van der Waals surface area (Å²) >= 11 is 0. The molecular formula is C24H23N3O6. The second-order valence-electron chi connectivity index (χ2n) is 7.12. The number of Topliss-reactive ketones (excluding diaryl/α,β-unsaturated/α-hetero) is 1. The maximum Gasteiger partial charge on any atom is 0.332 e. The maximum absolute atomic E-state index is 12.7. The van der Waals surface area contributed by atoms with Gasteiger partial charge in [-0.3, -0.25) is 18.7 Å². The van der Waals surface area contributed by atoms with Crippen LogP contribution in [-0.4, -0.2) is 34.6 Å². The van der Waals surface area contributed by atoms with Gasteiger partial charge in [0.2, 0.25) is 5.78 Å². The third kappa shape index (κ3) is 5.45. The first kappa shape index (κ1) is 23.3. The molecule has 1 aromatic heterocycles. The number of hydrogen-bond acceptors (Lipinski definition) is 7. The molecule has 9 heteroatoms. The highest BCUT2D eigenvalue weighted by molar-refractivity contribution is 6.02. The number of rotatable bonds is 8. The molecule has 0 spiro atoms. The van der Waals surface area contributed by atoms with Gasteiger partial charge in [0.05, 0.1) is 13.7 Å². The summed E-state index contributed by atoms with van der Waals surface area (Å²) in [5.41, 5.74) is 5.61. The van der Waals surface area contributed by atoms with Crippen LogP contribution in [0, 0.1) is 0 Å². The summed E-state index contributed by atoms with van der Waals surface area (Å²) < 4.78 is 12.0. The largest absolute Gasteiger partial charge is 0.497 e. The van der Waals surface area contributed by atoms with Crippen molar-refractivity contribution in [3.63, 3.8) is 0 Å². The number of aromatic nitrogens is 2. The zero-order valence-corrected chi connectivity index (χ0v) is 18.2. The van der Waals surface area contributed by atoms with Gasteiger partial charge in [0.15, 0.2) is 6.61 Å². The molecule has 0 aliphatic heterocycles. The summed E-state index contributed by atoms with van der Waals surface area (Å²) in [5, 5.41) is 0. The Kier molecular flexibility index (Phi) is 7.24. The lowest BCUT2D eigenvalue weighted by Gasteiger charge is -2.14. The summed E-state index contributed by atoms with van der Waals surface area (Å²) in [7, 11) is 2.80. The van der Waals surface area contributed by atoms with Gasteiger partial charge >= 0.3 is 11.7 Å². The van der Waals surface area contributed by atoms with Crippen LogP contribution in [0.4, 0.5) is 5.82 Å². The van der Waals surface area contributed by atoms with Crippen LogP contribution < -0.4 is 21.7 Å². The molecule has 0 aliphatic carbocycles. The lowest BCUT2D eigenvalue weighted by atomic mass is 10.2. The number of carbonyl (C=O) groups excluding carboxylic acids is 2. The molecule has 2 N–H and O–H groups in total. The Labute approximate surface area is 189 Å². The first-order valence-electron chi connectivity index (χ1n) is 9.97. The highest BCUT2D eigenvalue weighted by Crippen LogP contribution is 2.13. The average molecular weight is 449 g/mol. The molecule has 3 rings (SSSR count). The van der Waals surface area contributed by atoms with Crippen molar-refractivity contribution < 1.29 is 19.1 Å². The fraction of sp³-hybridized carbons (Fsp3) is 0.167. The number of methoxy groups -OCH3 is 1. The summed E-state index contributed by atoms with van der Waals surface area (Å²) in [6, 6.07) is 15.9. The monoisotopic (exact) mass is 449 g/mol. The van der Waals surface area contributed by atoms with Gasteiger partial charge in [0.1, 0.15) is 17.1 Å². The van der Waals surface area contributed by atoms with Gasteiger partial charge in [-0.05, 0) is 29.3 Å². The summed E-state index contributed by atoms with van der Waals surface area (Å²) in [4.78, 5) is 49.8. The molecule has 0 aliphatic rings. The number of esters is 1. The zero-order valence-electron chi connectivity index (χ0n) is 18.2. The molecule has 0 radical (unpaired) electrons. The Morgan fingerprint density at radius 3 is 2.33 bits per heavy atom. The number of nitrogens with two attached hydrogens (primary N) is 1. The molecule has 33 heavy (non-hydrogen) atoms. The summed E-state index contributed by atoms with van der Waals surface area (Å²) in [6.07, 6.45) is 2.67. The molecule has 0 saturated carbocycles. The van der Waals surface area contributed by atoms with Gasteiger partial charge < -0.3 is 15.2 Å². The first-order valence-corrected chi connectivity index (χ1v) is 9.97. The number of hydrogen-bond donors (Lipinski definition) is 1. The van der Waals surface area contributed by atoms with Gasteiger partial charge in [-0.2, -0.15) is 0 Å². The van der Waals surface area contributed by atoms with Crippen molar-refractivity contribution in [3.05, 3.63) is 98.2 Å². The van der Waals surface area contributed by atoms with Crippen LogP contribution >= 0.6 is 0 Å². The Morgan fingerprint density at radius 1 is 1.03 bits per heavy atom. The van der Waals surface area contributed by atoms with E-state index >= 15 is 0 Å². The molecule has 0 fully saturated rings. The Bertz CT molecular complexity index is 1310. The third-order valence-corrected chi connectivity index (χ3v) is 4.92. The Morgan fingerprint density at radius 2 is 1.70 bits per heavy atom. The third-order valence-electron chi connectivity index (χ3n) is 4.92. The molecule has 0 amide bonds. The van der Waals surface area contributed by atoms with Crippen LogP contribution in [0.1, 0.15) is 21.5 Å². The summed E-state index contributed by atoms with van der Waals surface area (Å²) in [6.45, 7) is -0.626. The molecule has 170 valence electrons. The molecule has 0 unspecified atom stereocenters. The van der Waals surface area contributed by atoms with Gasteiger partial charge in [-0.25, -0.2) is 9.59 Å². The molecule has 0 bridgehead atoms.